The van der Waals surface area contributed by atoms with E-state index < -0.39 is 5.41 Å². The van der Waals surface area contributed by atoms with Gasteiger partial charge in [-0.25, -0.2) is 4.79 Å². The van der Waals surface area contributed by atoms with Crippen molar-refractivity contribution < 1.29 is 19.1 Å². The highest BCUT2D eigenvalue weighted by Crippen LogP contribution is 2.78. The summed E-state index contributed by atoms with van der Waals surface area (Å²) in [6, 6.07) is 0. The van der Waals surface area contributed by atoms with Gasteiger partial charge in [0.15, 0.2) is 0 Å². The fourth-order valence-electron chi connectivity index (χ4n) is 5.14. The third-order valence-electron chi connectivity index (χ3n) is 6.16. The highest BCUT2D eigenvalue weighted by Gasteiger charge is 2.78. The summed E-state index contributed by atoms with van der Waals surface area (Å²) in [6.45, 7) is 6.67. The van der Waals surface area contributed by atoms with E-state index in [9.17, 15) is 9.59 Å². The first-order chi connectivity index (χ1) is 9.72. The summed E-state index contributed by atoms with van der Waals surface area (Å²) in [4.78, 5) is 24.7. The summed E-state index contributed by atoms with van der Waals surface area (Å²) in [5, 5.41) is 0. The minimum Gasteiger partial charge on any atom is -0.468 e. The zero-order valence-corrected chi connectivity index (χ0v) is 13.5. The van der Waals surface area contributed by atoms with Crippen LogP contribution in [0.1, 0.15) is 40.0 Å². The molecule has 3 aliphatic carbocycles. The second kappa shape index (κ2) is 4.11. The maximum Gasteiger partial charge on any atom is 0.334 e. The highest BCUT2D eigenvalue weighted by atomic mass is 16.5. The van der Waals surface area contributed by atoms with Crippen molar-refractivity contribution in [1.82, 2.24) is 0 Å². The Morgan fingerprint density at radius 2 is 1.81 bits per heavy atom. The number of carbonyl (C=O) groups is 2. The van der Waals surface area contributed by atoms with Gasteiger partial charge in [0.1, 0.15) is 5.41 Å². The smallest absolute Gasteiger partial charge is 0.334 e. The second-order valence-corrected chi connectivity index (χ2v) is 7.91. The fraction of sp³-hybridized carbons (Fsp3) is 0.765. The predicted octanol–water partition coefficient (Wildman–Crippen LogP) is 2.72. The molecule has 116 valence electrons. The van der Waals surface area contributed by atoms with Crippen molar-refractivity contribution in [3.8, 4) is 0 Å². The van der Waals surface area contributed by atoms with Crippen LogP contribution in [0.5, 0.6) is 0 Å². The number of carbonyl (C=O) groups excluding carboxylic acids is 2. The van der Waals surface area contributed by atoms with Crippen LogP contribution in [0.15, 0.2) is 11.6 Å². The largest absolute Gasteiger partial charge is 0.468 e. The molecule has 0 aromatic carbocycles. The minimum absolute atomic E-state index is 0.170. The molecule has 4 nitrogen and oxygen atoms in total. The van der Waals surface area contributed by atoms with Gasteiger partial charge in [-0.15, -0.1) is 0 Å². The van der Waals surface area contributed by atoms with E-state index in [1.807, 2.05) is 6.08 Å². The van der Waals surface area contributed by atoms with E-state index in [4.69, 9.17) is 9.47 Å². The number of rotatable bonds is 2. The summed E-state index contributed by atoms with van der Waals surface area (Å²) in [5.74, 6) is 0.136. The summed E-state index contributed by atoms with van der Waals surface area (Å²) < 4.78 is 9.97. The lowest BCUT2D eigenvalue weighted by molar-refractivity contribution is -0.151. The zero-order valence-electron chi connectivity index (χ0n) is 13.5. The Hall–Kier alpha value is -1.32. The molecule has 0 aromatic heterocycles. The number of methoxy groups -OCH3 is 2. The number of fused-ring (bicyclic) bond motifs is 3. The van der Waals surface area contributed by atoms with Crippen molar-refractivity contribution in [2.75, 3.05) is 14.2 Å². The maximum atomic E-state index is 12.4. The van der Waals surface area contributed by atoms with Crippen molar-refractivity contribution in [3.05, 3.63) is 11.6 Å². The molecule has 0 aliphatic heterocycles. The van der Waals surface area contributed by atoms with Gasteiger partial charge in [0.25, 0.3) is 0 Å². The number of ether oxygens (including phenoxy) is 2. The van der Waals surface area contributed by atoms with Gasteiger partial charge in [-0.1, -0.05) is 26.8 Å². The summed E-state index contributed by atoms with van der Waals surface area (Å²) >= 11 is 0. The molecule has 3 rings (SSSR count). The molecule has 0 radical (unpaired) electrons. The summed E-state index contributed by atoms with van der Waals surface area (Å²) in [7, 11) is 2.77. The molecule has 0 N–H and O–H groups in total. The molecule has 0 saturated heterocycles. The van der Waals surface area contributed by atoms with Gasteiger partial charge in [0.05, 0.1) is 19.8 Å². The van der Waals surface area contributed by atoms with E-state index in [1.54, 1.807) is 0 Å². The third kappa shape index (κ3) is 1.68. The first-order valence-electron chi connectivity index (χ1n) is 7.61. The molecule has 4 heteroatoms. The van der Waals surface area contributed by atoms with Gasteiger partial charge in [0, 0.05) is 0 Å². The van der Waals surface area contributed by atoms with Gasteiger partial charge in [-0.05, 0) is 41.9 Å². The SMILES string of the molecule is COC(=O)C1=C[C@@H]2CC(C)(C)C[C@@H]2[C@@]2(C)C[C@@]12C(=O)OC. The van der Waals surface area contributed by atoms with Crippen LogP contribution in [-0.2, 0) is 19.1 Å². The molecular formula is C17H24O4. The molecule has 0 spiro atoms. The number of esters is 2. The van der Waals surface area contributed by atoms with Crippen LogP contribution in [0.4, 0.5) is 0 Å². The first kappa shape index (κ1) is 14.6. The first-order valence-corrected chi connectivity index (χ1v) is 7.61. The van der Waals surface area contributed by atoms with Crippen LogP contribution >= 0.6 is 0 Å². The molecule has 2 fully saturated rings. The molecule has 3 aliphatic rings. The molecule has 0 bridgehead atoms. The van der Waals surface area contributed by atoms with Gasteiger partial charge < -0.3 is 9.47 Å². The normalized spacial score (nSPS) is 42.4. The fourth-order valence-corrected chi connectivity index (χ4v) is 5.14. The lowest BCUT2D eigenvalue weighted by Crippen LogP contribution is -2.38. The predicted molar refractivity (Wildman–Crippen MR) is 77.3 cm³/mol. The Labute approximate surface area is 125 Å². The van der Waals surface area contributed by atoms with Crippen molar-refractivity contribution in [2.24, 2.45) is 28.1 Å². The Morgan fingerprint density at radius 3 is 2.38 bits per heavy atom. The highest BCUT2D eigenvalue weighted by molar-refractivity contribution is 6.01. The average molecular weight is 292 g/mol. The Bertz CT molecular complexity index is 547. The monoisotopic (exact) mass is 292 g/mol. The van der Waals surface area contributed by atoms with Gasteiger partial charge in [0.2, 0.25) is 0 Å². The van der Waals surface area contributed by atoms with E-state index in [1.165, 1.54) is 14.2 Å². The third-order valence-corrected chi connectivity index (χ3v) is 6.16. The van der Waals surface area contributed by atoms with Gasteiger partial charge in [-0.3, -0.25) is 4.79 Å². The van der Waals surface area contributed by atoms with Crippen molar-refractivity contribution in [3.63, 3.8) is 0 Å². The summed E-state index contributed by atoms with van der Waals surface area (Å²) in [5.41, 5.74) is -0.170. The molecule has 0 heterocycles. The minimum atomic E-state index is -0.781. The molecule has 0 aromatic rings. The van der Waals surface area contributed by atoms with E-state index >= 15 is 0 Å². The topological polar surface area (TPSA) is 52.6 Å². The number of hydrogen-bond acceptors (Lipinski definition) is 4. The van der Waals surface area contributed by atoms with Crippen molar-refractivity contribution in [1.29, 1.82) is 0 Å². The number of allylic oxidation sites excluding steroid dienone is 1. The summed E-state index contributed by atoms with van der Waals surface area (Å²) in [6.07, 6.45) is 4.87. The standard InChI is InChI=1S/C17H24O4/c1-15(2)7-10-6-11(13(18)20-4)17(14(19)21-5)9-16(17,3)12(10)8-15/h6,10,12H,7-9H2,1-5H3/t10-,12+,16-,17+/m1/s1. The van der Waals surface area contributed by atoms with Crippen LogP contribution in [-0.4, -0.2) is 26.2 Å². The van der Waals surface area contributed by atoms with Gasteiger partial charge >= 0.3 is 11.9 Å². The van der Waals surface area contributed by atoms with E-state index in [2.05, 4.69) is 20.8 Å². The Balaban J connectivity index is 2.09. The van der Waals surface area contributed by atoms with Crippen LogP contribution in [0.25, 0.3) is 0 Å². The Kier molecular flexibility index (Phi) is 2.86. The lowest BCUT2D eigenvalue weighted by Gasteiger charge is -2.34. The quantitative estimate of drug-likeness (QED) is 0.734. The molecule has 0 amide bonds. The zero-order chi connectivity index (χ0) is 15.6. The van der Waals surface area contributed by atoms with Crippen LogP contribution < -0.4 is 0 Å². The number of hydrogen-bond donors (Lipinski definition) is 0. The second-order valence-electron chi connectivity index (χ2n) is 7.91. The molecule has 0 unspecified atom stereocenters. The van der Waals surface area contributed by atoms with E-state index in [-0.39, 0.29) is 22.8 Å². The molecule has 4 atom stereocenters. The van der Waals surface area contributed by atoms with Gasteiger partial charge in [-0.2, -0.15) is 0 Å². The van der Waals surface area contributed by atoms with Crippen molar-refractivity contribution in [2.45, 2.75) is 40.0 Å². The average Bonchev–Trinajstić information content (AvgIpc) is 2.96. The molecule has 2 saturated carbocycles. The van der Waals surface area contributed by atoms with E-state index in [0.29, 0.717) is 23.8 Å². The molecule has 21 heavy (non-hydrogen) atoms. The van der Waals surface area contributed by atoms with Crippen molar-refractivity contribution >= 4 is 11.9 Å². The maximum absolute atomic E-state index is 12.4. The lowest BCUT2D eigenvalue weighted by atomic mass is 9.69. The molecular weight excluding hydrogens is 268 g/mol. The Morgan fingerprint density at radius 1 is 1.14 bits per heavy atom. The van der Waals surface area contributed by atoms with Crippen LogP contribution in [0.2, 0.25) is 0 Å². The van der Waals surface area contributed by atoms with Crippen LogP contribution in [0.3, 0.4) is 0 Å². The van der Waals surface area contributed by atoms with E-state index in [0.717, 1.165) is 12.8 Å². The van der Waals surface area contributed by atoms with Crippen LogP contribution in [0, 0.1) is 28.1 Å².